The second-order valence-electron chi connectivity index (χ2n) is 7.46. The Morgan fingerprint density at radius 1 is 1.03 bits per heavy atom. The van der Waals surface area contributed by atoms with E-state index >= 15 is 0 Å². The minimum Gasteiger partial charge on any atom is -0.324 e. The maximum absolute atomic E-state index is 12.9. The number of aryl methyl sites for hydroxylation is 2. The fourth-order valence-corrected chi connectivity index (χ4v) is 6.04. The van der Waals surface area contributed by atoms with Gasteiger partial charge in [0.25, 0.3) is 10.0 Å². The molecule has 1 atom stereocenters. The molecule has 0 aliphatic rings. The third-order valence-corrected chi connectivity index (χ3v) is 8.33. The van der Waals surface area contributed by atoms with Crippen molar-refractivity contribution in [3.05, 3.63) is 65.2 Å². The Morgan fingerprint density at radius 3 is 2.24 bits per heavy atom. The molecule has 0 radical (unpaired) electrons. The van der Waals surface area contributed by atoms with E-state index in [9.17, 15) is 21.6 Å². The lowest BCUT2D eigenvalue weighted by Gasteiger charge is -2.28. The lowest BCUT2D eigenvalue weighted by Crippen LogP contribution is -2.45. The predicted octanol–water partition coefficient (Wildman–Crippen LogP) is 3.35. The van der Waals surface area contributed by atoms with Crippen LogP contribution in [0.2, 0.25) is 0 Å². The minimum absolute atomic E-state index is 0.00311. The van der Waals surface area contributed by atoms with Gasteiger partial charge in [-0.2, -0.15) is 0 Å². The smallest absolute Gasteiger partial charge is 0.263 e. The van der Waals surface area contributed by atoms with E-state index in [1.165, 1.54) is 37.4 Å². The predicted molar refractivity (Wildman–Crippen MR) is 131 cm³/mol. The van der Waals surface area contributed by atoms with Crippen molar-refractivity contribution in [1.29, 1.82) is 0 Å². The van der Waals surface area contributed by atoms with Gasteiger partial charge in [-0.25, -0.2) is 21.8 Å². The number of nitrogens with zero attached hydrogens (tertiary/aromatic N) is 2. The maximum Gasteiger partial charge on any atom is 0.263 e. The van der Waals surface area contributed by atoms with Crippen LogP contribution in [-0.2, 0) is 24.8 Å². The van der Waals surface area contributed by atoms with Crippen molar-refractivity contribution in [1.82, 2.24) is 4.98 Å². The normalized spacial score (nSPS) is 12.7. The van der Waals surface area contributed by atoms with Crippen molar-refractivity contribution < 1.29 is 21.6 Å². The van der Waals surface area contributed by atoms with Crippen LogP contribution in [0.5, 0.6) is 0 Å². The molecule has 12 heteroatoms. The molecule has 0 unspecified atom stereocenters. The molecule has 3 aromatic rings. The summed E-state index contributed by atoms with van der Waals surface area (Å²) in [6, 6.07) is 9.67. The van der Waals surface area contributed by atoms with Gasteiger partial charge < -0.3 is 5.32 Å². The first kappa shape index (κ1) is 24.7. The van der Waals surface area contributed by atoms with E-state index in [1.54, 1.807) is 23.6 Å². The van der Waals surface area contributed by atoms with Gasteiger partial charge in [0.2, 0.25) is 15.9 Å². The first-order valence-corrected chi connectivity index (χ1v) is 14.0. The molecule has 9 nitrogen and oxygen atoms in total. The summed E-state index contributed by atoms with van der Waals surface area (Å²) in [7, 11) is -7.58. The number of carbonyl (C=O) groups is 1. The van der Waals surface area contributed by atoms with Gasteiger partial charge >= 0.3 is 0 Å². The summed E-state index contributed by atoms with van der Waals surface area (Å²) in [6.45, 7) is 5.27. The van der Waals surface area contributed by atoms with Gasteiger partial charge in [0.05, 0.1) is 16.8 Å². The summed E-state index contributed by atoms with van der Waals surface area (Å²) in [4.78, 5) is 16.8. The maximum atomic E-state index is 12.9. The monoisotopic (exact) mass is 508 g/mol. The standard InChI is InChI=1S/C21H24N4O5S3/c1-14-5-8-18(13-15(14)2)25(32(4,27)28)16(3)20(26)23-17-6-9-19(10-7-17)33(29,30)24-21-22-11-12-31-21/h5-13,16H,1-4H3,(H,22,24)(H,23,26)/t16-/m1/s1. The molecule has 0 saturated heterocycles. The van der Waals surface area contributed by atoms with E-state index < -0.39 is 32.0 Å². The zero-order valence-corrected chi connectivity index (χ0v) is 20.9. The molecular weight excluding hydrogens is 484 g/mol. The van der Waals surface area contributed by atoms with Crippen LogP contribution in [0, 0.1) is 13.8 Å². The molecule has 33 heavy (non-hydrogen) atoms. The second-order valence-corrected chi connectivity index (χ2v) is 11.9. The Labute approximate surface area is 197 Å². The number of aromatic nitrogens is 1. The molecule has 1 aromatic heterocycles. The summed E-state index contributed by atoms with van der Waals surface area (Å²) in [5, 5.41) is 4.54. The summed E-state index contributed by atoms with van der Waals surface area (Å²) in [5.41, 5.74) is 2.62. The SMILES string of the molecule is Cc1ccc(N([C@H](C)C(=O)Nc2ccc(S(=O)(=O)Nc3nccs3)cc2)S(C)(=O)=O)cc1C. The van der Waals surface area contributed by atoms with Crippen molar-refractivity contribution >= 4 is 53.8 Å². The third-order valence-electron chi connectivity index (χ3n) is 4.92. The molecule has 0 saturated carbocycles. The Morgan fingerprint density at radius 2 is 1.70 bits per heavy atom. The van der Waals surface area contributed by atoms with Crippen molar-refractivity contribution in [3.8, 4) is 0 Å². The Hall–Kier alpha value is -2.96. The lowest BCUT2D eigenvalue weighted by molar-refractivity contribution is -0.116. The number of carbonyl (C=O) groups excluding carboxylic acids is 1. The Kier molecular flexibility index (Phi) is 7.10. The number of anilines is 3. The fourth-order valence-electron chi connectivity index (χ4n) is 3.08. The highest BCUT2D eigenvalue weighted by Gasteiger charge is 2.29. The number of benzene rings is 2. The van der Waals surface area contributed by atoms with Gasteiger partial charge in [-0.15, -0.1) is 11.3 Å². The van der Waals surface area contributed by atoms with Crippen LogP contribution in [0.25, 0.3) is 0 Å². The van der Waals surface area contributed by atoms with Crippen molar-refractivity contribution in [3.63, 3.8) is 0 Å². The first-order valence-electron chi connectivity index (χ1n) is 9.78. The van der Waals surface area contributed by atoms with Gasteiger partial charge in [-0.1, -0.05) is 6.07 Å². The third kappa shape index (κ3) is 5.89. The molecule has 3 rings (SSSR count). The number of amides is 1. The summed E-state index contributed by atoms with van der Waals surface area (Å²) in [5.74, 6) is -0.560. The first-order chi connectivity index (χ1) is 15.4. The zero-order chi connectivity index (χ0) is 24.4. The van der Waals surface area contributed by atoms with Crippen LogP contribution in [0.3, 0.4) is 0 Å². The summed E-state index contributed by atoms with van der Waals surface area (Å²) < 4.78 is 53.3. The quantitative estimate of drug-likeness (QED) is 0.481. The number of rotatable bonds is 8. The van der Waals surface area contributed by atoms with Gasteiger partial charge in [-0.3, -0.25) is 13.8 Å². The van der Waals surface area contributed by atoms with Gasteiger partial charge in [0.15, 0.2) is 5.13 Å². The zero-order valence-electron chi connectivity index (χ0n) is 18.4. The van der Waals surface area contributed by atoms with Gasteiger partial charge in [-0.05, 0) is 68.3 Å². The molecule has 0 aliphatic heterocycles. The number of nitrogens with one attached hydrogen (secondary N) is 2. The molecule has 1 heterocycles. The molecule has 2 aromatic carbocycles. The molecular formula is C21H24N4O5S3. The number of hydrogen-bond acceptors (Lipinski definition) is 7. The highest BCUT2D eigenvalue weighted by molar-refractivity contribution is 7.93. The van der Waals surface area contributed by atoms with Crippen LogP contribution < -0.4 is 14.3 Å². The van der Waals surface area contributed by atoms with Crippen molar-refractivity contribution in [2.45, 2.75) is 31.7 Å². The molecule has 0 spiro atoms. The van der Waals surface area contributed by atoms with Crippen molar-refractivity contribution in [2.75, 3.05) is 20.6 Å². The van der Waals surface area contributed by atoms with E-state index in [0.29, 0.717) is 11.4 Å². The van der Waals surface area contributed by atoms with E-state index in [0.717, 1.165) is 33.0 Å². The average Bonchev–Trinajstić information content (AvgIpc) is 3.22. The van der Waals surface area contributed by atoms with E-state index in [1.807, 2.05) is 13.8 Å². The number of hydrogen-bond donors (Lipinski definition) is 2. The highest BCUT2D eigenvalue weighted by Crippen LogP contribution is 2.25. The molecule has 1 amide bonds. The lowest BCUT2D eigenvalue weighted by atomic mass is 10.1. The molecule has 0 aliphatic carbocycles. The molecule has 2 N–H and O–H groups in total. The molecule has 0 fully saturated rings. The van der Waals surface area contributed by atoms with Crippen LogP contribution in [0.15, 0.2) is 58.9 Å². The van der Waals surface area contributed by atoms with Gasteiger partial charge in [0.1, 0.15) is 6.04 Å². The number of thiazole rings is 1. The highest BCUT2D eigenvalue weighted by atomic mass is 32.2. The number of sulfonamides is 2. The Balaban J connectivity index is 1.78. The van der Waals surface area contributed by atoms with Crippen LogP contribution in [0.4, 0.5) is 16.5 Å². The Bertz CT molecular complexity index is 1350. The summed E-state index contributed by atoms with van der Waals surface area (Å²) in [6.07, 6.45) is 2.53. The van der Waals surface area contributed by atoms with Crippen LogP contribution in [-0.4, -0.2) is 40.0 Å². The van der Waals surface area contributed by atoms with E-state index in [-0.39, 0.29) is 10.0 Å². The average molecular weight is 509 g/mol. The molecule has 0 bridgehead atoms. The largest absolute Gasteiger partial charge is 0.324 e. The topological polar surface area (TPSA) is 126 Å². The van der Waals surface area contributed by atoms with Crippen LogP contribution >= 0.6 is 11.3 Å². The van der Waals surface area contributed by atoms with Gasteiger partial charge in [0, 0.05) is 17.3 Å². The van der Waals surface area contributed by atoms with Crippen molar-refractivity contribution in [2.24, 2.45) is 0 Å². The van der Waals surface area contributed by atoms with Crippen LogP contribution in [0.1, 0.15) is 18.1 Å². The fraction of sp³-hybridized carbons (Fsp3) is 0.238. The van der Waals surface area contributed by atoms with E-state index in [4.69, 9.17) is 0 Å². The second kappa shape index (κ2) is 9.49. The van der Waals surface area contributed by atoms with E-state index in [2.05, 4.69) is 15.0 Å². The molecule has 176 valence electrons. The summed E-state index contributed by atoms with van der Waals surface area (Å²) >= 11 is 1.15. The minimum atomic E-state index is -3.82.